The van der Waals surface area contributed by atoms with Gasteiger partial charge in [-0.15, -0.1) is 0 Å². The van der Waals surface area contributed by atoms with E-state index in [1.54, 1.807) is 0 Å². The van der Waals surface area contributed by atoms with E-state index in [0.717, 1.165) is 25.1 Å². The third kappa shape index (κ3) is 3.92. The molecule has 0 spiro atoms. The second-order valence-corrected chi connectivity index (χ2v) is 7.55. The highest BCUT2D eigenvalue weighted by Crippen LogP contribution is 2.43. The van der Waals surface area contributed by atoms with E-state index in [-0.39, 0.29) is 5.41 Å². The predicted molar refractivity (Wildman–Crippen MR) is 102 cm³/mol. The highest BCUT2D eigenvalue weighted by Gasteiger charge is 2.38. The van der Waals surface area contributed by atoms with Crippen molar-refractivity contribution < 1.29 is 0 Å². The molecule has 0 aromatic heterocycles. The van der Waals surface area contributed by atoms with Gasteiger partial charge in [0.2, 0.25) is 0 Å². The van der Waals surface area contributed by atoms with Crippen LogP contribution < -0.4 is 10.6 Å². The van der Waals surface area contributed by atoms with Gasteiger partial charge in [0.25, 0.3) is 0 Å². The summed E-state index contributed by atoms with van der Waals surface area (Å²) in [6, 6.07) is 12.3. The number of benzene rings is 1. The molecule has 0 heterocycles. The van der Waals surface area contributed by atoms with Gasteiger partial charge in [0.15, 0.2) is 5.96 Å². The zero-order valence-electron chi connectivity index (χ0n) is 15.4. The minimum Gasteiger partial charge on any atom is -0.356 e. The van der Waals surface area contributed by atoms with E-state index >= 15 is 0 Å². The van der Waals surface area contributed by atoms with Crippen molar-refractivity contribution >= 4 is 5.96 Å². The summed E-state index contributed by atoms with van der Waals surface area (Å²) in [5, 5.41) is 7.07. The number of guanidine groups is 1. The van der Waals surface area contributed by atoms with Gasteiger partial charge in [0, 0.05) is 37.6 Å². The fourth-order valence-corrected chi connectivity index (χ4v) is 3.67. The molecule has 2 N–H and O–H groups in total. The number of aliphatic imine (C=N–C) groups is 1. The summed E-state index contributed by atoms with van der Waals surface area (Å²) in [6.45, 7) is 4.19. The zero-order valence-corrected chi connectivity index (χ0v) is 15.4. The number of hydrogen-bond donors (Lipinski definition) is 2. The van der Waals surface area contributed by atoms with Crippen LogP contribution in [0.4, 0.5) is 0 Å². The van der Waals surface area contributed by atoms with Crippen molar-refractivity contribution in [1.29, 1.82) is 0 Å². The molecule has 2 aliphatic carbocycles. The molecule has 2 fully saturated rings. The Morgan fingerprint density at radius 3 is 2.50 bits per heavy atom. The smallest absolute Gasteiger partial charge is 0.191 e. The molecule has 0 aliphatic heterocycles. The molecule has 3 rings (SSSR count). The topological polar surface area (TPSA) is 39.7 Å². The summed E-state index contributed by atoms with van der Waals surface area (Å²) >= 11 is 0. The van der Waals surface area contributed by atoms with Gasteiger partial charge in [0.05, 0.1) is 0 Å². The van der Waals surface area contributed by atoms with Gasteiger partial charge in [-0.3, -0.25) is 9.89 Å². The molecule has 24 heavy (non-hydrogen) atoms. The largest absolute Gasteiger partial charge is 0.356 e. The van der Waals surface area contributed by atoms with Crippen molar-refractivity contribution in [3.8, 4) is 0 Å². The van der Waals surface area contributed by atoms with Gasteiger partial charge in [-0.2, -0.15) is 0 Å². The SMILES string of the molecule is CN=C(NCC(C)N(C)C1CC1)NCC1(c2ccccc2)CCC1. The summed E-state index contributed by atoms with van der Waals surface area (Å²) in [7, 11) is 4.10. The third-order valence-electron chi connectivity index (χ3n) is 5.90. The fourth-order valence-electron chi connectivity index (χ4n) is 3.67. The van der Waals surface area contributed by atoms with Crippen LogP contribution >= 0.6 is 0 Å². The summed E-state index contributed by atoms with van der Waals surface area (Å²) in [5.41, 5.74) is 1.75. The van der Waals surface area contributed by atoms with E-state index in [1.165, 1.54) is 37.7 Å². The van der Waals surface area contributed by atoms with Gasteiger partial charge in [-0.25, -0.2) is 0 Å². The number of likely N-dealkylation sites (N-methyl/N-ethyl adjacent to an activating group) is 1. The van der Waals surface area contributed by atoms with E-state index in [4.69, 9.17) is 0 Å². The second kappa shape index (κ2) is 7.56. The minimum absolute atomic E-state index is 0.287. The quantitative estimate of drug-likeness (QED) is 0.597. The molecule has 2 aliphatic rings. The summed E-state index contributed by atoms with van der Waals surface area (Å²) in [6.07, 6.45) is 6.57. The Hall–Kier alpha value is -1.55. The Labute approximate surface area is 146 Å². The average molecular weight is 329 g/mol. The lowest BCUT2D eigenvalue weighted by molar-refractivity contribution is 0.240. The van der Waals surface area contributed by atoms with Crippen LogP contribution in [0.3, 0.4) is 0 Å². The Bertz CT molecular complexity index is 546. The molecular weight excluding hydrogens is 296 g/mol. The highest BCUT2D eigenvalue weighted by molar-refractivity contribution is 5.79. The first kappa shape index (κ1) is 17.3. The van der Waals surface area contributed by atoms with Crippen LogP contribution in [0, 0.1) is 0 Å². The normalized spacial score (nSPS) is 21.2. The number of hydrogen-bond acceptors (Lipinski definition) is 2. The Morgan fingerprint density at radius 1 is 1.25 bits per heavy atom. The zero-order chi connectivity index (χ0) is 17.0. The number of nitrogens with zero attached hydrogens (tertiary/aromatic N) is 2. The molecule has 1 atom stereocenters. The molecular formula is C20H32N4. The maximum absolute atomic E-state index is 4.41. The van der Waals surface area contributed by atoms with Gasteiger partial charge in [-0.1, -0.05) is 36.8 Å². The highest BCUT2D eigenvalue weighted by atomic mass is 15.2. The van der Waals surface area contributed by atoms with E-state index in [2.05, 4.69) is 64.8 Å². The van der Waals surface area contributed by atoms with Gasteiger partial charge in [-0.05, 0) is 45.2 Å². The van der Waals surface area contributed by atoms with Crippen molar-refractivity contribution in [2.45, 2.75) is 56.5 Å². The molecule has 0 amide bonds. The van der Waals surface area contributed by atoms with Gasteiger partial charge < -0.3 is 10.6 Å². The fraction of sp³-hybridized carbons (Fsp3) is 0.650. The third-order valence-corrected chi connectivity index (χ3v) is 5.90. The first-order chi connectivity index (χ1) is 11.6. The molecule has 4 nitrogen and oxygen atoms in total. The van der Waals surface area contributed by atoms with Gasteiger partial charge >= 0.3 is 0 Å². The van der Waals surface area contributed by atoms with Crippen molar-refractivity contribution in [2.75, 3.05) is 27.2 Å². The number of rotatable bonds is 7. The standard InChI is InChI=1S/C20H32N4/c1-16(24(3)18-10-11-18)14-22-19(21-2)23-15-20(12-7-13-20)17-8-5-4-6-9-17/h4-6,8-9,16,18H,7,10-15H2,1-3H3,(H2,21,22,23). The van der Waals surface area contributed by atoms with E-state index < -0.39 is 0 Å². The van der Waals surface area contributed by atoms with Crippen molar-refractivity contribution in [3.05, 3.63) is 35.9 Å². The lowest BCUT2D eigenvalue weighted by Crippen LogP contribution is -2.51. The maximum atomic E-state index is 4.41. The summed E-state index contributed by atoms with van der Waals surface area (Å²) < 4.78 is 0. The van der Waals surface area contributed by atoms with Crippen LogP contribution in [0.2, 0.25) is 0 Å². The maximum Gasteiger partial charge on any atom is 0.191 e. The molecule has 1 aromatic rings. The summed E-state index contributed by atoms with van der Waals surface area (Å²) in [5.74, 6) is 0.924. The molecule has 0 radical (unpaired) electrons. The molecule has 1 aromatic carbocycles. The van der Waals surface area contributed by atoms with Crippen LogP contribution in [-0.2, 0) is 5.41 Å². The molecule has 0 bridgehead atoms. The second-order valence-electron chi connectivity index (χ2n) is 7.55. The first-order valence-corrected chi connectivity index (χ1v) is 9.36. The van der Waals surface area contributed by atoms with E-state index in [0.29, 0.717) is 6.04 Å². The van der Waals surface area contributed by atoms with Crippen LogP contribution in [-0.4, -0.2) is 50.1 Å². The van der Waals surface area contributed by atoms with Crippen molar-refractivity contribution in [2.24, 2.45) is 4.99 Å². The van der Waals surface area contributed by atoms with Crippen LogP contribution in [0.25, 0.3) is 0 Å². The minimum atomic E-state index is 0.287. The predicted octanol–water partition coefficient (Wildman–Crippen LogP) is 2.76. The van der Waals surface area contributed by atoms with Crippen LogP contribution in [0.1, 0.15) is 44.6 Å². The Kier molecular flexibility index (Phi) is 5.44. The molecule has 1 unspecified atom stereocenters. The lowest BCUT2D eigenvalue weighted by atomic mass is 9.64. The first-order valence-electron chi connectivity index (χ1n) is 9.36. The monoisotopic (exact) mass is 328 g/mol. The number of nitrogens with one attached hydrogen (secondary N) is 2. The molecule has 132 valence electrons. The van der Waals surface area contributed by atoms with Crippen molar-refractivity contribution in [1.82, 2.24) is 15.5 Å². The lowest BCUT2D eigenvalue weighted by Gasteiger charge is -2.43. The Balaban J connectivity index is 1.50. The molecule has 0 saturated heterocycles. The van der Waals surface area contributed by atoms with Crippen LogP contribution in [0.5, 0.6) is 0 Å². The van der Waals surface area contributed by atoms with E-state index in [1.807, 2.05) is 7.05 Å². The molecule has 4 heteroatoms. The summed E-state index contributed by atoms with van der Waals surface area (Å²) in [4.78, 5) is 6.89. The Morgan fingerprint density at radius 2 is 1.96 bits per heavy atom. The average Bonchev–Trinajstić information content (AvgIpc) is 3.41. The van der Waals surface area contributed by atoms with Crippen LogP contribution in [0.15, 0.2) is 35.3 Å². The molecule has 2 saturated carbocycles. The van der Waals surface area contributed by atoms with Crippen molar-refractivity contribution in [3.63, 3.8) is 0 Å². The van der Waals surface area contributed by atoms with Gasteiger partial charge in [0.1, 0.15) is 0 Å². The van der Waals surface area contributed by atoms with E-state index in [9.17, 15) is 0 Å².